The van der Waals surface area contributed by atoms with Gasteiger partial charge in [-0.15, -0.1) is 0 Å². The van der Waals surface area contributed by atoms with E-state index < -0.39 is 4.92 Å². The van der Waals surface area contributed by atoms with Crippen molar-refractivity contribution in [1.82, 2.24) is 0 Å². The van der Waals surface area contributed by atoms with Crippen molar-refractivity contribution in [2.45, 2.75) is 31.6 Å². The van der Waals surface area contributed by atoms with Gasteiger partial charge in [-0.05, 0) is 12.5 Å². The van der Waals surface area contributed by atoms with Gasteiger partial charge in [0.2, 0.25) is 0 Å². The van der Waals surface area contributed by atoms with Crippen LogP contribution >= 0.6 is 0 Å². The van der Waals surface area contributed by atoms with Crippen LogP contribution in [0.1, 0.15) is 12.0 Å². The Balaban J connectivity index is 2.21. The molecule has 2 N–H and O–H groups in total. The standard InChI is InChI=1S/C12H16N2O4/c1-7-4-3-5-9(14(15)16)11(7)18-10-6-8(13)12(10)17-2/h3-5,8,10,12H,6,13H2,1-2H3. The predicted molar refractivity (Wildman–Crippen MR) is 65.6 cm³/mol. The van der Waals surface area contributed by atoms with Crippen LogP contribution in [0, 0.1) is 17.0 Å². The maximum atomic E-state index is 10.9. The molecule has 1 fully saturated rings. The van der Waals surface area contributed by atoms with Crippen LogP contribution in [-0.4, -0.2) is 30.3 Å². The minimum Gasteiger partial charge on any atom is -0.480 e. The summed E-state index contributed by atoms with van der Waals surface area (Å²) >= 11 is 0. The number of nitro benzene ring substituents is 1. The Kier molecular flexibility index (Phi) is 3.49. The van der Waals surface area contributed by atoms with Gasteiger partial charge in [0, 0.05) is 25.6 Å². The minimum atomic E-state index is -0.442. The van der Waals surface area contributed by atoms with Gasteiger partial charge in [0.1, 0.15) is 12.2 Å². The molecule has 0 aliphatic heterocycles. The first kappa shape index (κ1) is 12.8. The van der Waals surface area contributed by atoms with Gasteiger partial charge in [0.05, 0.1) is 4.92 Å². The molecule has 0 amide bonds. The van der Waals surface area contributed by atoms with Crippen molar-refractivity contribution < 1.29 is 14.4 Å². The fraction of sp³-hybridized carbons (Fsp3) is 0.500. The van der Waals surface area contributed by atoms with E-state index in [4.69, 9.17) is 15.2 Å². The van der Waals surface area contributed by atoms with Gasteiger partial charge in [-0.3, -0.25) is 10.1 Å². The molecule has 1 saturated carbocycles. The SMILES string of the molecule is COC1C(N)CC1Oc1c(C)cccc1[N+](=O)[O-]. The molecule has 3 unspecified atom stereocenters. The van der Waals surface area contributed by atoms with E-state index >= 15 is 0 Å². The summed E-state index contributed by atoms with van der Waals surface area (Å²) in [7, 11) is 1.56. The third kappa shape index (κ3) is 2.16. The van der Waals surface area contributed by atoms with Gasteiger partial charge >= 0.3 is 5.69 Å². The number of hydrogen-bond acceptors (Lipinski definition) is 5. The highest BCUT2D eigenvalue weighted by molar-refractivity contribution is 5.51. The van der Waals surface area contributed by atoms with Gasteiger partial charge in [-0.25, -0.2) is 0 Å². The lowest BCUT2D eigenvalue weighted by molar-refractivity contribution is -0.386. The Morgan fingerprint density at radius 3 is 2.78 bits per heavy atom. The Bertz CT molecular complexity index is 463. The molecule has 3 atom stereocenters. The lowest BCUT2D eigenvalue weighted by Crippen LogP contribution is -2.59. The molecule has 1 aromatic rings. The van der Waals surface area contributed by atoms with Crippen molar-refractivity contribution >= 4 is 5.69 Å². The number of ether oxygens (including phenoxy) is 2. The van der Waals surface area contributed by atoms with Gasteiger partial charge in [-0.2, -0.15) is 0 Å². The third-order valence-corrected chi connectivity index (χ3v) is 3.22. The smallest absolute Gasteiger partial charge is 0.311 e. The highest BCUT2D eigenvalue weighted by atomic mass is 16.6. The average molecular weight is 252 g/mol. The number of aryl methyl sites for hydroxylation is 1. The molecule has 18 heavy (non-hydrogen) atoms. The van der Waals surface area contributed by atoms with Crippen molar-refractivity contribution in [3.8, 4) is 5.75 Å². The summed E-state index contributed by atoms with van der Waals surface area (Å²) in [6.07, 6.45) is 0.221. The molecule has 6 nitrogen and oxygen atoms in total. The Labute approximate surface area is 105 Å². The number of para-hydroxylation sites is 1. The number of hydrogen-bond donors (Lipinski definition) is 1. The van der Waals surface area contributed by atoms with E-state index in [1.807, 2.05) is 0 Å². The van der Waals surface area contributed by atoms with Crippen molar-refractivity contribution in [1.29, 1.82) is 0 Å². The highest BCUT2D eigenvalue weighted by Gasteiger charge is 2.42. The van der Waals surface area contributed by atoms with E-state index in [0.717, 1.165) is 5.56 Å². The van der Waals surface area contributed by atoms with E-state index in [1.165, 1.54) is 6.07 Å². The Morgan fingerprint density at radius 2 is 2.22 bits per heavy atom. The summed E-state index contributed by atoms with van der Waals surface area (Å²) in [4.78, 5) is 10.5. The van der Waals surface area contributed by atoms with Crippen molar-refractivity contribution in [2.24, 2.45) is 5.73 Å². The molecule has 0 heterocycles. The first-order valence-corrected chi connectivity index (χ1v) is 5.73. The lowest BCUT2D eigenvalue weighted by Gasteiger charge is -2.40. The van der Waals surface area contributed by atoms with Crippen molar-refractivity contribution in [2.75, 3.05) is 7.11 Å². The minimum absolute atomic E-state index is 0.0228. The van der Waals surface area contributed by atoms with Crippen LogP contribution in [0.15, 0.2) is 18.2 Å². The molecule has 0 aromatic heterocycles. The summed E-state index contributed by atoms with van der Waals surface area (Å²) in [5, 5.41) is 10.9. The van der Waals surface area contributed by atoms with E-state index in [9.17, 15) is 10.1 Å². The molecule has 1 aliphatic rings. The van der Waals surface area contributed by atoms with Crippen LogP contribution in [0.5, 0.6) is 5.75 Å². The molecule has 0 saturated heterocycles. The number of methoxy groups -OCH3 is 1. The lowest BCUT2D eigenvalue weighted by atomic mass is 9.86. The second kappa shape index (κ2) is 4.91. The normalized spacial score (nSPS) is 26.5. The van der Waals surface area contributed by atoms with Gasteiger partial charge in [0.25, 0.3) is 0 Å². The van der Waals surface area contributed by atoms with Crippen molar-refractivity contribution in [3.63, 3.8) is 0 Å². The quantitative estimate of drug-likeness (QED) is 0.646. The number of nitrogens with two attached hydrogens (primary N) is 1. The van der Waals surface area contributed by atoms with Crippen LogP contribution in [-0.2, 0) is 4.74 Å². The average Bonchev–Trinajstić information content (AvgIpc) is 2.30. The van der Waals surface area contributed by atoms with Crippen LogP contribution in [0.25, 0.3) is 0 Å². The van der Waals surface area contributed by atoms with Crippen LogP contribution < -0.4 is 10.5 Å². The number of rotatable bonds is 4. The van der Waals surface area contributed by atoms with E-state index in [1.54, 1.807) is 26.2 Å². The third-order valence-electron chi connectivity index (χ3n) is 3.22. The second-order valence-corrected chi connectivity index (χ2v) is 4.44. The molecule has 2 rings (SSSR count). The molecule has 1 aliphatic carbocycles. The fourth-order valence-corrected chi connectivity index (χ4v) is 2.14. The van der Waals surface area contributed by atoms with Crippen molar-refractivity contribution in [3.05, 3.63) is 33.9 Å². The first-order chi connectivity index (χ1) is 8.54. The molecule has 0 radical (unpaired) electrons. The zero-order chi connectivity index (χ0) is 13.3. The molecular formula is C12H16N2O4. The van der Waals surface area contributed by atoms with E-state index in [2.05, 4.69) is 0 Å². The van der Waals surface area contributed by atoms with Crippen LogP contribution in [0.4, 0.5) is 5.69 Å². The summed E-state index contributed by atoms with van der Waals surface area (Å²) in [5.41, 5.74) is 6.49. The zero-order valence-electron chi connectivity index (χ0n) is 10.3. The molecule has 98 valence electrons. The molecule has 1 aromatic carbocycles. The maximum absolute atomic E-state index is 10.9. The number of nitro groups is 1. The predicted octanol–water partition coefficient (Wildman–Crippen LogP) is 1.40. The zero-order valence-corrected chi connectivity index (χ0v) is 10.3. The Morgan fingerprint density at radius 1 is 1.50 bits per heavy atom. The number of benzene rings is 1. The first-order valence-electron chi connectivity index (χ1n) is 5.73. The summed E-state index contributed by atoms with van der Waals surface area (Å²) in [6, 6.07) is 4.79. The van der Waals surface area contributed by atoms with Crippen LogP contribution in [0.3, 0.4) is 0 Å². The summed E-state index contributed by atoms with van der Waals surface area (Å²) in [5.74, 6) is 0.307. The summed E-state index contributed by atoms with van der Waals surface area (Å²) in [6.45, 7) is 1.78. The fourth-order valence-electron chi connectivity index (χ4n) is 2.14. The maximum Gasteiger partial charge on any atom is 0.311 e. The second-order valence-electron chi connectivity index (χ2n) is 4.44. The van der Waals surface area contributed by atoms with Gasteiger partial charge in [-0.1, -0.05) is 12.1 Å². The molecular weight excluding hydrogens is 236 g/mol. The van der Waals surface area contributed by atoms with Crippen LogP contribution in [0.2, 0.25) is 0 Å². The molecule has 0 bridgehead atoms. The highest BCUT2D eigenvalue weighted by Crippen LogP contribution is 2.35. The number of nitrogens with zero attached hydrogens (tertiary/aromatic N) is 1. The monoisotopic (exact) mass is 252 g/mol. The molecule has 6 heteroatoms. The van der Waals surface area contributed by atoms with E-state index in [0.29, 0.717) is 12.2 Å². The molecule has 0 spiro atoms. The van der Waals surface area contributed by atoms with E-state index in [-0.39, 0.29) is 23.9 Å². The van der Waals surface area contributed by atoms with Gasteiger partial charge in [0.15, 0.2) is 5.75 Å². The topological polar surface area (TPSA) is 87.6 Å². The summed E-state index contributed by atoms with van der Waals surface area (Å²) < 4.78 is 10.9. The van der Waals surface area contributed by atoms with Gasteiger partial charge < -0.3 is 15.2 Å². The largest absolute Gasteiger partial charge is 0.480 e. The Hall–Kier alpha value is -1.66.